The van der Waals surface area contributed by atoms with Crippen LogP contribution < -0.4 is 5.73 Å². The zero-order chi connectivity index (χ0) is 11.6. The summed E-state index contributed by atoms with van der Waals surface area (Å²) in [7, 11) is 0. The van der Waals surface area contributed by atoms with Crippen molar-refractivity contribution >= 4 is 0 Å². The molecular formula is C11H15F2NO. The van der Waals surface area contributed by atoms with Crippen LogP contribution in [0.2, 0.25) is 0 Å². The normalized spacial score (nSPS) is 13.2. The second-order valence-electron chi connectivity index (χ2n) is 4.07. The van der Waals surface area contributed by atoms with E-state index < -0.39 is 23.4 Å². The zero-order valence-electron chi connectivity index (χ0n) is 8.80. The number of hydrogen-bond donors (Lipinski definition) is 2. The molecule has 1 rings (SSSR count). The molecule has 2 nitrogen and oxygen atoms in total. The first-order valence-electron chi connectivity index (χ1n) is 4.85. The van der Waals surface area contributed by atoms with E-state index >= 15 is 0 Å². The summed E-state index contributed by atoms with van der Waals surface area (Å²) in [6.45, 7) is 3.96. The van der Waals surface area contributed by atoms with Crippen LogP contribution in [-0.4, -0.2) is 5.11 Å². The van der Waals surface area contributed by atoms with E-state index in [2.05, 4.69) is 0 Å². The van der Waals surface area contributed by atoms with Crippen molar-refractivity contribution in [1.82, 2.24) is 0 Å². The molecular weight excluding hydrogens is 200 g/mol. The van der Waals surface area contributed by atoms with Crippen LogP contribution in [0.3, 0.4) is 0 Å². The molecule has 1 aromatic carbocycles. The number of nitrogens with two attached hydrogens (primary N) is 1. The molecule has 0 saturated heterocycles. The molecule has 0 amide bonds. The second-order valence-corrected chi connectivity index (χ2v) is 4.07. The van der Waals surface area contributed by atoms with Crippen LogP contribution in [0.15, 0.2) is 12.1 Å². The highest BCUT2D eigenvalue weighted by Crippen LogP contribution is 2.26. The van der Waals surface area contributed by atoms with Gasteiger partial charge in [0.2, 0.25) is 0 Å². The van der Waals surface area contributed by atoms with Crippen LogP contribution in [0.5, 0.6) is 5.75 Å². The first-order chi connectivity index (χ1) is 6.91. The van der Waals surface area contributed by atoms with Gasteiger partial charge in [0.1, 0.15) is 0 Å². The average Bonchev–Trinajstić information content (AvgIpc) is 2.12. The Labute approximate surface area is 87.7 Å². The molecule has 0 aliphatic heterocycles. The minimum atomic E-state index is -0.968. The smallest absolute Gasteiger partial charge is 0.187 e. The largest absolute Gasteiger partial charge is 0.503 e. The molecule has 0 spiro atoms. The average molecular weight is 215 g/mol. The third-order valence-electron chi connectivity index (χ3n) is 2.19. The topological polar surface area (TPSA) is 46.2 Å². The molecule has 84 valence electrons. The first-order valence-corrected chi connectivity index (χ1v) is 4.85. The van der Waals surface area contributed by atoms with Crippen LogP contribution >= 0.6 is 0 Å². The lowest BCUT2D eigenvalue weighted by molar-refractivity contribution is 0.393. The van der Waals surface area contributed by atoms with Crippen LogP contribution in [0.1, 0.15) is 31.9 Å². The lowest BCUT2D eigenvalue weighted by Crippen LogP contribution is -2.13. The highest BCUT2D eigenvalue weighted by atomic mass is 19.1. The van der Waals surface area contributed by atoms with Crippen molar-refractivity contribution in [1.29, 1.82) is 0 Å². The van der Waals surface area contributed by atoms with E-state index in [0.717, 1.165) is 12.1 Å². The van der Waals surface area contributed by atoms with E-state index in [1.807, 2.05) is 13.8 Å². The molecule has 1 aromatic rings. The van der Waals surface area contributed by atoms with Gasteiger partial charge >= 0.3 is 0 Å². The summed E-state index contributed by atoms with van der Waals surface area (Å²) in [5.41, 5.74) is 6.14. The molecule has 0 aliphatic rings. The Hall–Kier alpha value is -1.16. The lowest BCUT2D eigenvalue weighted by atomic mass is 9.97. The maximum absolute atomic E-state index is 13.0. The quantitative estimate of drug-likeness (QED) is 0.814. The number of rotatable bonds is 3. The maximum Gasteiger partial charge on any atom is 0.187 e. The Kier molecular flexibility index (Phi) is 3.63. The third kappa shape index (κ3) is 2.89. The second kappa shape index (κ2) is 4.57. The van der Waals surface area contributed by atoms with Crippen molar-refractivity contribution in [2.24, 2.45) is 11.7 Å². The molecule has 1 unspecified atom stereocenters. The van der Waals surface area contributed by atoms with Gasteiger partial charge in [-0.15, -0.1) is 0 Å². The van der Waals surface area contributed by atoms with E-state index in [4.69, 9.17) is 10.8 Å². The third-order valence-corrected chi connectivity index (χ3v) is 2.19. The standard InChI is InChI=1S/C11H15F2NO/c1-6(2)3-10(14)7-4-8(12)11(15)9(13)5-7/h4-6,10,15H,3,14H2,1-2H3. The molecule has 0 bridgehead atoms. The fraction of sp³-hybridized carbons (Fsp3) is 0.455. The molecule has 0 aliphatic carbocycles. The Balaban J connectivity index is 2.95. The number of halogens is 2. The monoisotopic (exact) mass is 215 g/mol. The van der Waals surface area contributed by atoms with E-state index in [9.17, 15) is 8.78 Å². The minimum Gasteiger partial charge on any atom is -0.503 e. The predicted octanol–water partition coefficient (Wildman–Crippen LogP) is 2.72. The predicted molar refractivity (Wildman–Crippen MR) is 54.4 cm³/mol. The van der Waals surface area contributed by atoms with Gasteiger partial charge in [0.25, 0.3) is 0 Å². The van der Waals surface area contributed by atoms with Crippen LogP contribution in [0.25, 0.3) is 0 Å². The fourth-order valence-corrected chi connectivity index (χ4v) is 1.44. The van der Waals surface area contributed by atoms with Crippen molar-refractivity contribution in [2.45, 2.75) is 26.3 Å². The van der Waals surface area contributed by atoms with Gasteiger partial charge in [-0.3, -0.25) is 0 Å². The highest BCUT2D eigenvalue weighted by Gasteiger charge is 2.14. The van der Waals surface area contributed by atoms with Crippen LogP contribution in [-0.2, 0) is 0 Å². The lowest BCUT2D eigenvalue weighted by Gasteiger charge is -2.14. The Morgan fingerprint density at radius 3 is 2.13 bits per heavy atom. The van der Waals surface area contributed by atoms with Crippen molar-refractivity contribution in [3.8, 4) is 5.75 Å². The van der Waals surface area contributed by atoms with Gasteiger partial charge in [-0.1, -0.05) is 13.8 Å². The van der Waals surface area contributed by atoms with Gasteiger partial charge < -0.3 is 10.8 Å². The zero-order valence-corrected chi connectivity index (χ0v) is 8.80. The Bertz CT molecular complexity index is 329. The Morgan fingerprint density at radius 2 is 1.73 bits per heavy atom. The van der Waals surface area contributed by atoms with Crippen LogP contribution in [0, 0.1) is 17.6 Å². The van der Waals surface area contributed by atoms with Crippen molar-refractivity contribution < 1.29 is 13.9 Å². The maximum atomic E-state index is 13.0. The summed E-state index contributed by atoms with van der Waals surface area (Å²) < 4.78 is 26.0. The fourth-order valence-electron chi connectivity index (χ4n) is 1.44. The van der Waals surface area contributed by atoms with Gasteiger partial charge in [-0.25, -0.2) is 8.78 Å². The van der Waals surface area contributed by atoms with E-state index in [0.29, 0.717) is 17.9 Å². The summed E-state index contributed by atoms with van der Waals surface area (Å²) in [5, 5.41) is 8.90. The number of benzene rings is 1. The molecule has 4 heteroatoms. The van der Waals surface area contributed by atoms with Crippen molar-refractivity contribution in [3.63, 3.8) is 0 Å². The van der Waals surface area contributed by atoms with Gasteiger partial charge in [0.05, 0.1) is 0 Å². The molecule has 3 N–H and O–H groups in total. The summed E-state index contributed by atoms with van der Waals surface area (Å²) in [6.07, 6.45) is 0.643. The molecule has 0 aromatic heterocycles. The molecule has 0 saturated carbocycles. The number of aromatic hydroxyl groups is 1. The van der Waals surface area contributed by atoms with Crippen LogP contribution in [0.4, 0.5) is 8.78 Å². The molecule has 0 heterocycles. The van der Waals surface area contributed by atoms with E-state index in [1.165, 1.54) is 0 Å². The molecule has 15 heavy (non-hydrogen) atoms. The summed E-state index contributed by atoms with van der Waals surface area (Å²) in [5.74, 6) is -2.54. The SMILES string of the molecule is CC(C)CC(N)c1cc(F)c(O)c(F)c1. The van der Waals surface area contributed by atoms with Gasteiger partial charge in [0.15, 0.2) is 17.4 Å². The minimum absolute atomic E-state index is 0.347. The summed E-state index contributed by atoms with van der Waals surface area (Å²) in [4.78, 5) is 0. The molecule has 1 atom stereocenters. The Morgan fingerprint density at radius 1 is 1.27 bits per heavy atom. The van der Waals surface area contributed by atoms with Gasteiger partial charge in [0, 0.05) is 6.04 Å². The number of hydrogen-bond acceptors (Lipinski definition) is 2. The first kappa shape index (κ1) is 11.9. The van der Waals surface area contributed by atoms with E-state index in [-0.39, 0.29) is 0 Å². The van der Waals surface area contributed by atoms with Crippen molar-refractivity contribution in [3.05, 3.63) is 29.3 Å². The number of phenols is 1. The summed E-state index contributed by atoms with van der Waals surface area (Å²) >= 11 is 0. The molecule has 0 radical (unpaired) electrons. The highest BCUT2D eigenvalue weighted by molar-refractivity contribution is 5.31. The van der Waals surface area contributed by atoms with Gasteiger partial charge in [-0.05, 0) is 30.0 Å². The number of phenolic OH excluding ortho intramolecular Hbond substituents is 1. The summed E-state index contributed by atoms with van der Waals surface area (Å²) in [6, 6.07) is 1.74. The van der Waals surface area contributed by atoms with Gasteiger partial charge in [-0.2, -0.15) is 0 Å². The van der Waals surface area contributed by atoms with Crippen molar-refractivity contribution in [2.75, 3.05) is 0 Å². The molecule has 0 fully saturated rings. The van der Waals surface area contributed by atoms with E-state index in [1.54, 1.807) is 0 Å².